The van der Waals surface area contributed by atoms with Crippen LogP contribution in [-0.4, -0.2) is 11.5 Å². The van der Waals surface area contributed by atoms with Gasteiger partial charge in [-0.25, -0.2) is 4.98 Å². The molecule has 2 aromatic heterocycles. The number of hydrogen-bond acceptors (Lipinski definition) is 4. The molecule has 0 saturated heterocycles. The fourth-order valence-corrected chi connectivity index (χ4v) is 3.73. The third-order valence-electron chi connectivity index (χ3n) is 2.62. The Hall–Kier alpha value is -0.420. The second-order valence-electron chi connectivity index (χ2n) is 4.24. The van der Waals surface area contributed by atoms with Crippen LogP contribution < -0.4 is 5.32 Å². The highest BCUT2D eigenvalue weighted by Crippen LogP contribution is 2.29. The van der Waals surface area contributed by atoms with Crippen LogP contribution in [-0.2, 0) is 6.42 Å². The van der Waals surface area contributed by atoms with Crippen LogP contribution >= 0.6 is 34.3 Å². The molecule has 2 aromatic rings. The molecule has 0 aromatic carbocycles. The van der Waals surface area contributed by atoms with Gasteiger partial charge in [0.15, 0.2) is 0 Å². The first-order chi connectivity index (χ1) is 8.69. The van der Waals surface area contributed by atoms with Gasteiger partial charge in [0.25, 0.3) is 0 Å². The minimum atomic E-state index is 0.327. The molecule has 5 heteroatoms. The Kier molecular flexibility index (Phi) is 5.18. The first kappa shape index (κ1) is 14.0. The molecule has 1 N–H and O–H groups in total. The Bertz CT molecular complexity index is 493. The van der Waals surface area contributed by atoms with Crippen molar-refractivity contribution in [2.24, 2.45) is 0 Å². The fraction of sp³-hybridized carbons (Fsp3) is 0.462. The number of rotatable bonds is 6. The summed E-state index contributed by atoms with van der Waals surface area (Å²) < 4.78 is 0.851. The molecular weight excluding hydrogens is 284 g/mol. The van der Waals surface area contributed by atoms with Gasteiger partial charge in [0.1, 0.15) is 0 Å². The molecule has 0 aliphatic heterocycles. The van der Waals surface area contributed by atoms with Gasteiger partial charge in [-0.3, -0.25) is 0 Å². The zero-order valence-corrected chi connectivity index (χ0v) is 13.0. The van der Waals surface area contributed by atoms with Gasteiger partial charge in [0, 0.05) is 28.4 Å². The maximum atomic E-state index is 6.02. The maximum Gasteiger partial charge on any atom is 0.0947 e. The van der Waals surface area contributed by atoms with Gasteiger partial charge < -0.3 is 5.32 Å². The summed E-state index contributed by atoms with van der Waals surface area (Å²) in [6.07, 6.45) is 2.07. The normalized spacial score (nSPS) is 12.8. The highest BCUT2D eigenvalue weighted by atomic mass is 35.5. The van der Waals surface area contributed by atoms with E-state index in [0.717, 1.165) is 29.4 Å². The summed E-state index contributed by atoms with van der Waals surface area (Å²) in [6, 6.07) is 4.41. The van der Waals surface area contributed by atoms with Gasteiger partial charge in [-0.15, -0.1) is 22.7 Å². The van der Waals surface area contributed by atoms with Crippen LogP contribution in [0.15, 0.2) is 17.5 Å². The quantitative estimate of drug-likeness (QED) is 0.852. The van der Waals surface area contributed by atoms with E-state index in [0.29, 0.717) is 6.04 Å². The predicted octanol–water partition coefficient (Wildman–Crippen LogP) is 4.45. The molecule has 18 heavy (non-hydrogen) atoms. The highest BCUT2D eigenvalue weighted by molar-refractivity contribution is 7.16. The summed E-state index contributed by atoms with van der Waals surface area (Å²) in [5.41, 5.74) is 1.11. The van der Waals surface area contributed by atoms with E-state index in [9.17, 15) is 0 Å². The van der Waals surface area contributed by atoms with E-state index in [4.69, 9.17) is 11.6 Å². The van der Waals surface area contributed by atoms with Gasteiger partial charge >= 0.3 is 0 Å². The van der Waals surface area contributed by atoms with Crippen molar-refractivity contribution in [3.63, 3.8) is 0 Å². The number of thiophene rings is 1. The molecule has 0 spiro atoms. The number of hydrogen-bond donors (Lipinski definition) is 1. The minimum absolute atomic E-state index is 0.327. The van der Waals surface area contributed by atoms with Crippen LogP contribution in [0.25, 0.3) is 0 Å². The lowest BCUT2D eigenvalue weighted by Gasteiger charge is -2.15. The molecule has 1 unspecified atom stereocenters. The molecule has 2 nitrogen and oxygen atoms in total. The molecule has 0 aliphatic rings. The number of nitrogens with zero attached hydrogens (tertiary/aromatic N) is 1. The summed E-state index contributed by atoms with van der Waals surface area (Å²) in [5.74, 6) is 0. The van der Waals surface area contributed by atoms with E-state index < -0.39 is 0 Å². The second kappa shape index (κ2) is 6.66. The first-order valence-corrected chi connectivity index (χ1v) is 8.16. The minimum Gasteiger partial charge on any atom is -0.309 e. The van der Waals surface area contributed by atoms with Crippen molar-refractivity contribution in [3.8, 4) is 0 Å². The van der Waals surface area contributed by atoms with Crippen LogP contribution in [0.3, 0.4) is 0 Å². The Morgan fingerprint density at radius 2 is 2.28 bits per heavy atom. The van der Waals surface area contributed by atoms with Crippen LogP contribution in [0.1, 0.15) is 35.0 Å². The molecule has 0 bridgehead atoms. The van der Waals surface area contributed by atoms with Gasteiger partial charge in [0.2, 0.25) is 0 Å². The largest absolute Gasteiger partial charge is 0.309 e. The summed E-state index contributed by atoms with van der Waals surface area (Å²) in [4.78, 5) is 5.83. The fourth-order valence-electron chi connectivity index (χ4n) is 1.78. The van der Waals surface area contributed by atoms with Gasteiger partial charge in [-0.1, -0.05) is 18.5 Å². The second-order valence-corrected chi connectivity index (χ2v) is 6.92. The molecule has 0 fully saturated rings. The van der Waals surface area contributed by atoms with Gasteiger partial charge in [-0.2, -0.15) is 0 Å². The Morgan fingerprint density at radius 3 is 2.83 bits per heavy atom. The number of aryl methyl sites for hydroxylation is 1. The van der Waals surface area contributed by atoms with E-state index in [1.165, 1.54) is 9.88 Å². The monoisotopic (exact) mass is 300 g/mol. The molecule has 0 aliphatic carbocycles. The SMILES string of the molecule is CCCNC(Cc1nc(C)cs1)c1ccc(Cl)s1. The lowest BCUT2D eigenvalue weighted by molar-refractivity contribution is 0.535. The maximum absolute atomic E-state index is 6.02. The van der Waals surface area contributed by atoms with Crippen molar-refractivity contribution in [3.05, 3.63) is 37.4 Å². The standard InChI is InChI=1S/C13H17ClN2S2/c1-3-6-15-10(11-4-5-12(14)18-11)7-13-16-9(2)8-17-13/h4-5,8,10,15H,3,6-7H2,1-2H3. The van der Waals surface area contributed by atoms with Crippen molar-refractivity contribution in [2.75, 3.05) is 6.54 Å². The number of thiazole rings is 1. The Morgan fingerprint density at radius 1 is 1.44 bits per heavy atom. The zero-order chi connectivity index (χ0) is 13.0. The lowest BCUT2D eigenvalue weighted by atomic mass is 10.1. The molecule has 0 radical (unpaired) electrons. The van der Waals surface area contributed by atoms with Crippen LogP contribution in [0.4, 0.5) is 0 Å². The van der Waals surface area contributed by atoms with E-state index in [-0.39, 0.29) is 0 Å². The average molecular weight is 301 g/mol. The van der Waals surface area contributed by atoms with Crippen LogP contribution in [0.2, 0.25) is 4.34 Å². The first-order valence-electron chi connectivity index (χ1n) is 6.08. The molecule has 2 rings (SSSR count). The van der Waals surface area contributed by atoms with E-state index in [1.807, 2.05) is 13.0 Å². The average Bonchev–Trinajstić information content (AvgIpc) is 2.93. The third-order valence-corrected chi connectivity index (χ3v) is 4.96. The van der Waals surface area contributed by atoms with Crippen molar-refractivity contribution in [2.45, 2.75) is 32.7 Å². The Labute approximate surface area is 121 Å². The van der Waals surface area contributed by atoms with Crippen LogP contribution in [0, 0.1) is 6.92 Å². The predicted molar refractivity (Wildman–Crippen MR) is 80.9 cm³/mol. The van der Waals surface area contributed by atoms with E-state index >= 15 is 0 Å². The van der Waals surface area contributed by atoms with Crippen LogP contribution in [0.5, 0.6) is 0 Å². The van der Waals surface area contributed by atoms with Crippen molar-refractivity contribution in [1.82, 2.24) is 10.3 Å². The van der Waals surface area contributed by atoms with Gasteiger partial charge in [-0.05, 0) is 32.0 Å². The molecular formula is C13H17ClN2S2. The van der Waals surface area contributed by atoms with E-state index in [1.54, 1.807) is 22.7 Å². The molecule has 98 valence electrons. The number of nitrogens with one attached hydrogen (secondary N) is 1. The van der Waals surface area contributed by atoms with Crippen molar-refractivity contribution in [1.29, 1.82) is 0 Å². The summed E-state index contributed by atoms with van der Waals surface area (Å²) >= 11 is 9.41. The smallest absolute Gasteiger partial charge is 0.0947 e. The van der Waals surface area contributed by atoms with Gasteiger partial charge in [0.05, 0.1) is 9.34 Å². The highest BCUT2D eigenvalue weighted by Gasteiger charge is 2.15. The van der Waals surface area contributed by atoms with Crippen molar-refractivity contribution < 1.29 is 0 Å². The molecule has 0 amide bonds. The summed E-state index contributed by atoms with van der Waals surface area (Å²) in [7, 11) is 0. The Balaban J connectivity index is 2.09. The lowest BCUT2D eigenvalue weighted by Crippen LogP contribution is -2.23. The van der Waals surface area contributed by atoms with E-state index in [2.05, 4.69) is 28.7 Å². The topological polar surface area (TPSA) is 24.9 Å². The number of halogens is 1. The number of aromatic nitrogens is 1. The molecule has 2 heterocycles. The van der Waals surface area contributed by atoms with Crippen molar-refractivity contribution >= 4 is 34.3 Å². The summed E-state index contributed by atoms with van der Waals surface area (Å²) in [5, 5.41) is 6.87. The summed E-state index contributed by atoms with van der Waals surface area (Å²) in [6.45, 7) is 5.24. The third kappa shape index (κ3) is 3.79. The molecule has 1 atom stereocenters. The molecule has 0 saturated carbocycles. The zero-order valence-electron chi connectivity index (χ0n) is 10.6.